The Labute approximate surface area is 191 Å². The SMILES string of the molecule is Cc1cc(OC(C)(C)C(=O)OC(C)(C)C)ccc1C(C)CNC(=O)OCc1ccccc1. The average Bonchev–Trinajstić information content (AvgIpc) is 2.69. The molecule has 0 spiro atoms. The van der Waals surface area contributed by atoms with Crippen LogP contribution < -0.4 is 10.1 Å². The van der Waals surface area contributed by atoms with Crippen LogP contribution in [0.2, 0.25) is 0 Å². The normalized spacial score (nSPS) is 12.6. The van der Waals surface area contributed by atoms with E-state index in [1.807, 2.05) is 83.1 Å². The Bertz CT molecular complexity index is 916. The molecule has 0 aliphatic rings. The summed E-state index contributed by atoms with van der Waals surface area (Å²) >= 11 is 0. The van der Waals surface area contributed by atoms with Crippen LogP contribution in [-0.2, 0) is 20.9 Å². The maximum Gasteiger partial charge on any atom is 0.407 e. The van der Waals surface area contributed by atoms with Crippen molar-refractivity contribution >= 4 is 12.1 Å². The number of carbonyl (C=O) groups is 2. The maximum absolute atomic E-state index is 12.4. The highest BCUT2D eigenvalue weighted by Crippen LogP contribution is 2.27. The Balaban J connectivity index is 1.91. The molecular formula is C26H35NO5. The fourth-order valence-electron chi connectivity index (χ4n) is 3.12. The van der Waals surface area contributed by atoms with E-state index in [9.17, 15) is 9.59 Å². The van der Waals surface area contributed by atoms with Gasteiger partial charge in [0.25, 0.3) is 0 Å². The molecule has 1 amide bonds. The molecular weight excluding hydrogens is 406 g/mol. The third-order valence-corrected chi connectivity index (χ3v) is 4.80. The Morgan fingerprint density at radius 1 is 1.00 bits per heavy atom. The van der Waals surface area contributed by atoms with Crippen molar-refractivity contribution < 1.29 is 23.8 Å². The van der Waals surface area contributed by atoms with Crippen molar-refractivity contribution in [2.75, 3.05) is 6.54 Å². The molecule has 0 aliphatic heterocycles. The minimum atomic E-state index is -1.11. The van der Waals surface area contributed by atoms with Crippen LogP contribution in [-0.4, -0.2) is 29.8 Å². The van der Waals surface area contributed by atoms with Gasteiger partial charge in [0.1, 0.15) is 18.0 Å². The summed E-state index contributed by atoms with van der Waals surface area (Å²) in [4.78, 5) is 24.5. The highest BCUT2D eigenvalue weighted by atomic mass is 16.6. The number of hydrogen-bond donors (Lipinski definition) is 1. The minimum absolute atomic E-state index is 0.0761. The summed E-state index contributed by atoms with van der Waals surface area (Å²) in [5.74, 6) is 0.245. The maximum atomic E-state index is 12.4. The van der Waals surface area contributed by atoms with Gasteiger partial charge in [-0.3, -0.25) is 0 Å². The van der Waals surface area contributed by atoms with Crippen LogP contribution in [0.25, 0.3) is 0 Å². The molecule has 2 aromatic rings. The first kappa shape index (κ1) is 25.2. The molecule has 1 atom stereocenters. The molecule has 0 aliphatic carbocycles. The van der Waals surface area contributed by atoms with Crippen LogP contribution >= 0.6 is 0 Å². The van der Waals surface area contributed by atoms with E-state index in [0.717, 1.165) is 16.7 Å². The van der Waals surface area contributed by atoms with Crippen LogP contribution in [0.4, 0.5) is 4.79 Å². The van der Waals surface area contributed by atoms with E-state index >= 15 is 0 Å². The van der Waals surface area contributed by atoms with E-state index in [1.54, 1.807) is 13.8 Å². The standard InChI is InChI=1S/C26H35NO5/c1-18-15-21(31-26(6,7)23(28)32-25(3,4)5)13-14-22(18)19(2)16-27-24(29)30-17-20-11-9-8-10-12-20/h8-15,19H,16-17H2,1-7H3,(H,27,29). The van der Waals surface area contributed by atoms with Crippen LogP contribution in [0, 0.1) is 6.92 Å². The molecule has 0 saturated carbocycles. The summed E-state index contributed by atoms with van der Waals surface area (Å²) in [6.07, 6.45) is -0.447. The summed E-state index contributed by atoms with van der Waals surface area (Å²) in [6, 6.07) is 15.2. The van der Waals surface area contributed by atoms with Gasteiger partial charge in [0.05, 0.1) is 0 Å². The molecule has 32 heavy (non-hydrogen) atoms. The van der Waals surface area contributed by atoms with E-state index in [0.29, 0.717) is 12.3 Å². The van der Waals surface area contributed by atoms with E-state index in [1.165, 1.54) is 0 Å². The van der Waals surface area contributed by atoms with Crippen LogP contribution in [0.5, 0.6) is 5.75 Å². The monoisotopic (exact) mass is 441 g/mol. The van der Waals surface area contributed by atoms with Gasteiger partial charge in [0.2, 0.25) is 0 Å². The smallest absolute Gasteiger partial charge is 0.407 e. The summed E-state index contributed by atoms with van der Waals surface area (Å²) in [5.41, 5.74) is 1.33. The highest BCUT2D eigenvalue weighted by Gasteiger charge is 2.34. The highest BCUT2D eigenvalue weighted by molar-refractivity contribution is 5.79. The van der Waals surface area contributed by atoms with Crippen molar-refractivity contribution in [3.8, 4) is 5.75 Å². The van der Waals surface area contributed by atoms with Gasteiger partial charge in [-0.15, -0.1) is 0 Å². The van der Waals surface area contributed by atoms with Gasteiger partial charge in [0.15, 0.2) is 5.60 Å². The molecule has 6 heteroatoms. The van der Waals surface area contributed by atoms with Gasteiger partial charge in [-0.05, 0) is 76.3 Å². The number of nitrogens with one attached hydrogen (secondary N) is 1. The zero-order valence-corrected chi connectivity index (χ0v) is 20.2. The summed E-state index contributed by atoms with van der Waals surface area (Å²) in [5, 5.41) is 2.81. The van der Waals surface area contributed by atoms with E-state index in [2.05, 4.69) is 5.32 Å². The quantitative estimate of drug-likeness (QED) is 0.546. The molecule has 0 heterocycles. The second kappa shape index (κ2) is 10.5. The van der Waals surface area contributed by atoms with Crippen molar-refractivity contribution in [2.45, 2.75) is 72.2 Å². The van der Waals surface area contributed by atoms with Crippen LogP contribution in [0.3, 0.4) is 0 Å². The number of hydrogen-bond acceptors (Lipinski definition) is 5. The van der Waals surface area contributed by atoms with Gasteiger partial charge < -0.3 is 19.5 Å². The first-order valence-electron chi connectivity index (χ1n) is 10.8. The van der Waals surface area contributed by atoms with Crippen LogP contribution in [0.1, 0.15) is 64.2 Å². The average molecular weight is 442 g/mol. The Morgan fingerprint density at radius 3 is 2.25 bits per heavy atom. The van der Waals surface area contributed by atoms with Crippen molar-refractivity contribution in [2.24, 2.45) is 0 Å². The zero-order chi connectivity index (χ0) is 23.9. The first-order chi connectivity index (χ1) is 14.9. The number of amides is 1. The number of rotatable bonds is 8. The molecule has 0 fully saturated rings. The number of alkyl carbamates (subject to hydrolysis) is 1. The molecule has 2 aromatic carbocycles. The lowest BCUT2D eigenvalue weighted by atomic mass is 9.96. The fourth-order valence-corrected chi connectivity index (χ4v) is 3.12. The second-order valence-electron chi connectivity index (χ2n) is 9.48. The van der Waals surface area contributed by atoms with E-state index in [4.69, 9.17) is 14.2 Å². The summed E-state index contributed by atoms with van der Waals surface area (Å²) in [6.45, 7) is 13.6. The Hall–Kier alpha value is -3.02. The van der Waals surface area contributed by atoms with Gasteiger partial charge >= 0.3 is 12.1 Å². The molecule has 1 unspecified atom stereocenters. The molecule has 6 nitrogen and oxygen atoms in total. The molecule has 0 bridgehead atoms. The van der Waals surface area contributed by atoms with Gasteiger partial charge in [-0.2, -0.15) is 0 Å². The number of benzene rings is 2. The third-order valence-electron chi connectivity index (χ3n) is 4.80. The summed E-state index contributed by atoms with van der Waals surface area (Å²) in [7, 11) is 0. The topological polar surface area (TPSA) is 73.9 Å². The Kier molecular flexibility index (Phi) is 8.31. The van der Waals surface area contributed by atoms with Crippen molar-refractivity contribution in [3.05, 3.63) is 65.2 Å². The van der Waals surface area contributed by atoms with Crippen molar-refractivity contribution in [3.63, 3.8) is 0 Å². The van der Waals surface area contributed by atoms with Gasteiger partial charge in [-0.25, -0.2) is 9.59 Å². The number of carbonyl (C=O) groups excluding carboxylic acids is 2. The fraction of sp³-hybridized carbons (Fsp3) is 0.462. The first-order valence-corrected chi connectivity index (χ1v) is 10.8. The lowest BCUT2D eigenvalue weighted by Crippen LogP contribution is -2.43. The van der Waals surface area contributed by atoms with Crippen molar-refractivity contribution in [1.82, 2.24) is 5.32 Å². The lowest BCUT2D eigenvalue weighted by molar-refractivity contribution is -0.170. The number of ether oxygens (including phenoxy) is 3. The molecule has 2 rings (SSSR count). The second-order valence-corrected chi connectivity index (χ2v) is 9.48. The molecule has 0 aromatic heterocycles. The van der Waals surface area contributed by atoms with E-state index < -0.39 is 23.3 Å². The zero-order valence-electron chi connectivity index (χ0n) is 20.2. The summed E-state index contributed by atoms with van der Waals surface area (Å²) < 4.78 is 16.6. The molecule has 174 valence electrons. The Morgan fingerprint density at radius 2 is 1.66 bits per heavy atom. The largest absolute Gasteiger partial charge is 0.476 e. The van der Waals surface area contributed by atoms with Crippen molar-refractivity contribution in [1.29, 1.82) is 0 Å². The molecule has 0 radical (unpaired) electrons. The number of aryl methyl sites for hydroxylation is 1. The van der Waals surface area contributed by atoms with Gasteiger partial charge in [-0.1, -0.05) is 43.3 Å². The molecule has 1 N–H and O–H groups in total. The third kappa shape index (κ3) is 7.91. The minimum Gasteiger partial charge on any atom is -0.476 e. The van der Waals surface area contributed by atoms with E-state index in [-0.39, 0.29) is 12.5 Å². The molecule has 0 saturated heterocycles. The number of esters is 1. The predicted molar refractivity (Wildman–Crippen MR) is 125 cm³/mol. The van der Waals surface area contributed by atoms with Crippen LogP contribution in [0.15, 0.2) is 48.5 Å². The lowest BCUT2D eigenvalue weighted by Gasteiger charge is -2.29. The predicted octanol–water partition coefficient (Wildman–Crippen LogP) is 5.52. The van der Waals surface area contributed by atoms with Gasteiger partial charge in [0, 0.05) is 6.54 Å².